The van der Waals surface area contributed by atoms with Gasteiger partial charge in [-0.05, 0) is 49.7 Å². The van der Waals surface area contributed by atoms with E-state index in [0.717, 1.165) is 28.7 Å². The molecule has 0 saturated carbocycles. The van der Waals surface area contributed by atoms with E-state index in [1.807, 2.05) is 6.92 Å². The van der Waals surface area contributed by atoms with Crippen molar-refractivity contribution in [1.29, 1.82) is 0 Å². The first kappa shape index (κ1) is 23.7. The van der Waals surface area contributed by atoms with Crippen molar-refractivity contribution in [2.75, 3.05) is 22.9 Å². The number of nitrogens with zero attached hydrogens (tertiary/aromatic N) is 2. The first-order chi connectivity index (χ1) is 15.2. The van der Waals surface area contributed by atoms with E-state index in [0.29, 0.717) is 21.2 Å². The Morgan fingerprint density at radius 3 is 2.47 bits per heavy atom. The molecule has 0 atom stereocenters. The highest BCUT2D eigenvalue weighted by Crippen LogP contribution is 2.26. The summed E-state index contributed by atoms with van der Waals surface area (Å²) in [6.07, 6.45) is 0. The molecule has 0 radical (unpaired) electrons. The standard InChI is InChI=1S/C20H20N4O5S3/c1-12-4-7-15(8-5-12)32(27,28)24-16-9-6-14(10-13(16)2)18(26)21-19-22-23-20(31-19)30-11-17(25)29-3/h4-10,24H,11H2,1-3H3,(H,21,22,26). The van der Waals surface area contributed by atoms with E-state index < -0.39 is 15.9 Å². The SMILES string of the molecule is COC(=O)CSc1nnc(NC(=O)c2ccc(NS(=O)(=O)c3ccc(C)cc3)c(C)c2)s1. The zero-order chi connectivity index (χ0) is 23.3. The fourth-order valence-electron chi connectivity index (χ4n) is 2.51. The Hall–Kier alpha value is -2.96. The van der Waals surface area contributed by atoms with Crippen LogP contribution in [0.1, 0.15) is 21.5 Å². The van der Waals surface area contributed by atoms with Crippen LogP contribution in [-0.2, 0) is 19.6 Å². The number of sulfonamides is 1. The average Bonchev–Trinajstić information content (AvgIpc) is 3.20. The van der Waals surface area contributed by atoms with Gasteiger partial charge in [-0.3, -0.25) is 19.6 Å². The second kappa shape index (κ2) is 10.1. The lowest BCUT2D eigenvalue weighted by atomic mass is 10.1. The number of aryl methyl sites for hydroxylation is 2. The van der Waals surface area contributed by atoms with Gasteiger partial charge in [-0.15, -0.1) is 10.2 Å². The first-order valence-corrected chi connectivity index (χ1v) is 12.5. The van der Waals surface area contributed by atoms with Gasteiger partial charge in [0.2, 0.25) is 5.13 Å². The van der Waals surface area contributed by atoms with Crippen LogP contribution in [0.15, 0.2) is 51.7 Å². The topological polar surface area (TPSA) is 127 Å². The molecule has 9 nitrogen and oxygen atoms in total. The number of benzene rings is 2. The molecular formula is C20H20N4O5S3. The minimum absolute atomic E-state index is 0.0955. The molecule has 0 saturated heterocycles. The highest BCUT2D eigenvalue weighted by molar-refractivity contribution is 8.01. The summed E-state index contributed by atoms with van der Waals surface area (Å²) >= 11 is 2.29. The van der Waals surface area contributed by atoms with Crippen LogP contribution in [0.3, 0.4) is 0 Å². The predicted octanol–water partition coefficient (Wildman–Crippen LogP) is 3.47. The van der Waals surface area contributed by atoms with Gasteiger partial charge >= 0.3 is 5.97 Å². The van der Waals surface area contributed by atoms with Crippen molar-refractivity contribution in [2.24, 2.45) is 0 Å². The number of amides is 1. The van der Waals surface area contributed by atoms with Gasteiger partial charge in [-0.1, -0.05) is 40.8 Å². The number of esters is 1. The maximum atomic E-state index is 12.6. The van der Waals surface area contributed by atoms with Gasteiger partial charge in [0.15, 0.2) is 4.34 Å². The molecule has 0 aliphatic carbocycles. The number of anilines is 2. The average molecular weight is 493 g/mol. The van der Waals surface area contributed by atoms with Crippen LogP contribution in [0.2, 0.25) is 0 Å². The largest absolute Gasteiger partial charge is 0.468 e. The Kier molecular flexibility index (Phi) is 7.48. The monoisotopic (exact) mass is 492 g/mol. The van der Waals surface area contributed by atoms with E-state index in [1.54, 1.807) is 25.1 Å². The number of hydrogen-bond donors (Lipinski definition) is 2. The Labute approximate surface area is 193 Å². The van der Waals surface area contributed by atoms with Crippen LogP contribution >= 0.6 is 23.1 Å². The number of thioether (sulfide) groups is 1. The number of aromatic nitrogens is 2. The van der Waals surface area contributed by atoms with Gasteiger partial charge < -0.3 is 4.74 Å². The highest BCUT2D eigenvalue weighted by atomic mass is 32.2. The number of carbonyl (C=O) groups excluding carboxylic acids is 2. The molecule has 168 valence electrons. The molecule has 1 amide bonds. The minimum atomic E-state index is -3.75. The van der Waals surface area contributed by atoms with Crippen molar-refractivity contribution in [3.05, 3.63) is 59.2 Å². The van der Waals surface area contributed by atoms with E-state index in [2.05, 4.69) is 25.0 Å². The van der Waals surface area contributed by atoms with Crippen LogP contribution in [0.4, 0.5) is 10.8 Å². The smallest absolute Gasteiger partial charge is 0.316 e. The van der Waals surface area contributed by atoms with E-state index in [-0.39, 0.29) is 21.7 Å². The number of rotatable bonds is 8. The van der Waals surface area contributed by atoms with E-state index >= 15 is 0 Å². The second-order valence-corrected chi connectivity index (χ2v) is 10.5. The molecule has 0 aliphatic heterocycles. The zero-order valence-corrected chi connectivity index (χ0v) is 19.9. The number of hydrogen-bond acceptors (Lipinski definition) is 9. The summed E-state index contributed by atoms with van der Waals surface area (Å²) in [7, 11) is -2.45. The van der Waals surface area contributed by atoms with Crippen molar-refractivity contribution in [1.82, 2.24) is 10.2 Å². The second-order valence-electron chi connectivity index (χ2n) is 6.64. The third-order valence-electron chi connectivity index (χ3n) is 4.23. The zero-order valence-electron chi connectivity index (χ0n) is 17.4. The summed E-state index contributed by atoms with van der Waals surface area (Å²) in [4.78, 5) is 23.9. The molecule has 2 aromatic carbocycles. The highest BCUT2D eigenvalue weighted by Gasteiger charge is 2.17. The fourth-order valence-corrected chi connectivity index (χ4v) is 5.22. The Balaban J connectivity index is 1.67. The molecule has 3 rings (SSSR count). The fraction of sp³-hybridized carbons (Fsp3) is 0.200. The molecule has 32 heavy (non-hydrogen) atoms. The van der Waals surface area contributed by atoms with Crippen molar-refractivity contribution >= 4 is 55.8 Å². The van der Waals surface area contributed by atoms with E-state index in [9.17, 15) is 18.0 Å². The summed E-state index contributed by atoms with van der Waals surface area (Å²) in [5.74, 6) is -0.704. The van der Waals surface area contributed by atoms with Crippen LogP contribution < -0.4 is 10.0 Å². The van der Waals surface area contributed by atoms with Crippen molar-refractivity contribution < 1.29 is 22.7 Å². The molecule has 1 heterocycles. The Morgan fingerprint density at radius 2 is 1.81 bits per heavy atom. The predicted molar refractivity (Wildman–Crippen MR) is 124 cm³/mol. The maximum absolute atomic E-state index is 12.6. The Bertz CT molecular complexity index is 1240. The maximum Gasteiger partial charge on any atom is 0.316 e. The molecule has 0 spiro atoms. The van der Waals surface area contributed by atoms with Crippen molar-refractivity contribution in [3.8, 4) is 0 Å². The summed E-state index contributed by atoms with van der Waals surface area (Å²) in [6, 6.07) is 11.2. The molecule has 2 N–H and O–H groups in total. The quantitative estimate of drug-likeness (QED) is 0.278. The number of methoxy groups -OCH3 is 1. The number of ether oxygens (including phenoxy) is 1. The van der Waals surface area contributed by atoms with E-state index in [1.165, 1.54) is 31.4 Å². The minimum Gasteiger partial charge on any atom is -0.468 e. The van der Waals surface area contributed by atoms with E-state index in [4.69, 9.17) is 0 Å². The summed E-state index contributed by atoms with van der Waals surface area (Å²) in [5, 5.41) is 10.7. The summed E-state index contributed by atoms with van der Waals surface area (Å²) in [6.45, 7) is 3.58. The molecule has 0 aliphatic rings. The van der Waals surface area contributed by atoms with Gasteiger partial charge in [-0.25, -0.2) is 8.42 Å². The van der Waals surface area contributed by atoms with Gasteiger partial charge in [0.1, 0.15) is 0 Å². The number of carbonyl (C=O) groups is 2. The molecule has 0 unspecified atom stereocenters. The lowest BCUT2D eigenvalue weighted by Gasteiger charge is -2.12. The molecule has 1 aromatic heterocycles. The van der Waals surface area contributed by atoms with Gasteiger partial charge in [0.25, 0.3) is 15.9 Å². The third-order valence-corrected chi connectivity index (χ3v) is 7.56. The third kappa shape index (κ3) is 6.05. The van der Waals surface area contributed by atoms with Crippen LogP contribution in [0.25, 0.3) is 0 Å². The van der Waals surface area contributed by atoms with Crippen LogP contribution in [0, 0.1) is 13.8 Å². The first-order valence-electron chi connectivity index (χ1n) is 9.22. The van der Waals surface area contributed by atoms with Gasteiger partial charge in [0.05, 0.1) is 23.4 Å². The van der Waals surface area contributed by atoms with Crippen molar-refractivity contribution in [3.63, 3.8) is 0 Å². The molecule has 12 heteroatoms. The van der Waals surface area contributed by atoms with Crippen LogP contribution in [0.5, 0.6) is 0 Å². The molecular weight excluding hydrogens is 472 g/mol. The van der Waals surface area contributed by atoms with Gasteiger partial charge in [-0.2, -0.15) is 0 Å². The lowest BCUT2D eigenvalue weighted by molar-refractivity contribution is -0.137. The molecule has 3 aromatic rings. The Morgan fingerprint density at radius 1 is 1.09 bits per heavy atom. The summed E-state index contributed by atoms with van der Waals surface area (Å²) < 4.78 is 32.8. The van der Waals surface area contributed by atoms with Crippen LogP contribution in [-0.4, -0.2) is 43.4 Å². The molecule has 0 fully saturated rings. The molecule has 0 bridgehead atoms. The van der Waals surface area contributed by atoms with Gasteiger partial charge in [0, 0.05) is 5.56 Å². The van der Waals surface area contributed by atoms with Crippen molar-refractivity contribution in [2.45, 2.75) is 23.1 Å². The lowest BCUT2D eigenvalue weighted by Crippen LogP contribution is -2.15. The number of nitrogens with one attached hydrogen (secondary N) is 2. The normalized spacial score (nSPS) is 11.1. The summed E-state index contributed by atoms with van der Waals surface area (Å²) in [5.41, 5.74) is 2.25.